The summed E-state index contributed by atoms with van der Waals surface area (Å²) in [6.45, 7) is 0.178. The van der Waals surface area contributed by atoms with Gasteiger partial charge in [0.15, 0.2) is 0 Å². The van der Waals surface area contributed by atoms with Gasteiger partial charge in [-0.25, -0.2) is 4.79 Å². The average molecular weight is 151 g/mol. The van der Waals surface area contributed by atoms with Crippen LogP contribution in [0.25, 0.3) is 0 Å². The zero-order valence-corrected chi connectivity index (χ0v) is 5.55. The number of amides is 1. The second-order valence-corrected chi connectivity index (χ2v) is 1.36. The molecule has 0 heterocycles. The number of carboxylic acid groups (broad SMARTS) is 1. The monoisotopic (exact) mass is 151 g/mol. The molecule has 11 heavy (non-hydrogen) atoms. The van der Waals surface area contributed by atoms with Crippen molar-refractivity contribution in [3.63, 3.8) is 0 Å². The van der Waals surface area contributed by atoms with E-state index in [0.717, 1.165) is 0 Å². The number of hydrogen-bond donors (Lipinski definition) is 2. The van der Waals surface area contributed by atoms with Crippen molar-refractivity contribution in [3.05, 3.63) is 0 Å². The third-order valence-corrected chi connectivity index (χ3v) is 0.594. The molecule has 0 atom stereocenters. The zero-order chi connectivity index (χ0) is 8.53. The molecule has 0 aliphatic rings. The van der Waals surface area contributed by atoms with Crippen LogP contribution in [0.15, 0.2) is 0 Å². The Bertz CT molecular complexity index is 261. The molecule has 0 rings (SSSR count). The first-order valence-electron chi connectivity index (χ1n) is 2.66. The fraction of sp³-hybridized carbons (Fsp3) is 0.143. The van der Waals surface area contributed by atoms with E-state index in [-0.39, 0.29) is 6.54 Å². The molecule has 1 amide bonds. The highest BCUT2D eigenvalue weighted by molar-refractivity contribution is 5.87. The van der Waals surface area contributed by atoms with Crippen molar-refractivity contribution in [2.24, 2.45) is 0 Å². The van der Waals surface area contributed by atoms with Crippen molar-refractivity contribution in [1.82, 2.24) is 5.32 Å². The molecule has 56 valence electrons. The number of carbonyl (C=O) groups is 2. The molecule has 0 saturated heterocycles. The Labute approximate surface area is 63.6 Å². The Morgan fingerprint density at radius 2 is 2.27 bits per heavy atom. The van der Waals surface area contributed by atoms with Gasteiger partial charge in [0.05, 0.1) is 6.54 Å². The third kappa shape index (κ3) is 8.06. The number of rotatable bonds is 2. The SMILES string of the molecule is O=CNCC#CC#CC(=O)O. The quantitative estimate of drug-likeness (QED) is 0.296. The van der Waals surface area contributed by atoms with E-state index in [1.165, 1.54) is 0 Å². The highest BCUT2D eigenvalue weighted by atomic mass is 16.4. The standard InChI is InChI=1S/C7H5NO3/c9-6-8-5-3-1-2-4-7(10)11/h6H,5H2,(H,8,9)(H,10,11). The van der Waals surface area contributed by atoms with Crippen LogP contribution in [0.3, 0.4) is 0 Å². The lowest BCUT2D eigenvalue weighted by molar-refractivity contribution is -0.130. The van der Waals surface area contributed by atoms with Crippen molar-refractivity contribution in [1.29, 1.82) is 0 Å². The van der Waals surface area contributed by atoms with Gasteiger partial charge in [0, 0.05) is 5.92 Å². The summed E-state index contributed by atoms with van der Waals surface area (Å²) >= 11 is 0. The number of carboxylic acids is 1. The average Bonchev–Trinajstić information content (AvgIpc) is 1.96. The van der Waals surface area contributed by atoms with Gasteiger partial charge in [0.2, 0.25) is 6.41 Å². The maximum Gasteiger partial charge on any atom is 0.382 e. The van der Waals surface area contributed by atoms with E-state index in [4.69, 9.17) is 5.11 Å². The summed E-state index contributed by atoms with van der Waals surface area (Å²) in [4.78, 5) is 19.4. The molecule has 0 unspecified atom stereocenters. The van der Waals surface area contributed by atoms with Gasteiger partial charge in [0.25, 0.3) is 0 Å². The van der Waals surface area contributed by atoms with Crippen LogP contribution in [0.1, 0.15) is 0 Å². The maximum absolute atomic E-state index is 9.77. The number of carbonyl (C=O) groups excluding carboxylic acids is 1. The highest BCUT2D eigenvalue weighted by Crippen LogP contribution is 1.56. The fourth-order valence-corrected chi connectivity index (χ4v) is 0.266. The minimum atomic E-state index is -1.22. The minimum absolute atomic E-state index is 0.178. The zero-order valence-electron chi connectivity index (χ0n) is 5.55. The van der Waals surface area contributed by atoms with E-state index < -0.39 is 5.97 Å². The Balaban J connectivity index is 3.65. The summed E-state index contributed by atoms with van der Waals surface area (Å²) in [5, 5.41) is 10.3. The molecule has 0 radical (unpaired) electrons. The van der Waals surface area contributed by atoms with Crippen LogP contribution in [-0.4, -0.2) is 24.0 Å². The van der Waals surface area contributed by atoms with Crippen LogP contribution >= 0.6 is 0 Å². The lowest BCUT2D eigenvalue weighted by Gasteiger charge is -1.80. The molecule has 4 heteroatoms. The normalized spacial score (nSPS) is 6.18. The van der Waals surface area contributed by atoms with Gasteiger partial charge in [-0.05, 0) is 11.8 Å². The van der Waals surface area contributed by atoms with E-state index in [1.54, 1.807) is 5.92 Å². The first-order chi connectivity index (χ1) is 5.27. The Morgan fingerprint density at radius 3 is 2.82 bits per heavy atom. The molecule has 2 N–H and O–H groups in total. The molecule has 0 aliphatic heterocycles. The summed E-state index contributed by atoms with van der Waals surface area (Å²) in [6.07, 6.45) is 0.499. The summed E-state index contributed by atoms with van der Waals surface area (Å²) < 4.78 is 0. The molecule has 0 fully saturated rings. The predicted octanol–water partition coefficient (Wildman–Crippen LogP) is -1.18. The van der Waals surface area contributed by atoms with Gasteiger partial charge >= 0.3 is 5.97 Å². The van der Waals surface area contributed by atoms with Crippen LogP contribution in [0.4, 0.5) is 0 Å². The van der Waals surface area contributed by atoms with E-state index >= 15 is 0 Å². The summed E-state index contributed by atoms with van der Waals surface area (Å²) in [5.41, 5.74) is 0. The topological polar surface area (TPSA) is 66.4 Å². The molecule has 0 bridgehead atoms. The molecule has 0 aliphatic carbocycles. The molecular formula is C7H5NO3. The van der Waals surface area contributed by atoms with Gasteiger partial charge in [-0.15, -0.1) is 0 Å². The number of aliphatic carboxylic acids is 1. The van der Waals surface area contributed by atoms with Crippen molar-refractivity contribution in [2.75, 3.05) is 6.54 Å². The maximum atomic E-state index is 9.77. The van der Waals surface area contributed by atoms with Gasteiger partial charge in [0.1, 0.15) is 0 Å². The van der Waals surface area contributed by atoms with Crippen molar-refractivity contribution >= 4 is 12.4 Å². The molecule has 0 aromatic carbocycles. The molecule has 4 nitrogen and oxygen atoms in total. The second-order valence-electron chi connectivity index (χ2n) is 1.36. The summed E-state index contributed by atoms with van der Waals surface area (Å²) in [7, 11) is 0. The van der Waals surface area contributed by atoms with E-state index in [9.17, 15) is 9.59 Å². The van der Waals surface area contributed by atoms with Gasteiger partial charge in [-0.2, -0.15) is 0 Å². The minimum Gasteiger partial charge on any atom is -0.472 e. The second kappa shape index (κ2) is 6.18. The van der Waals surface area contributed by atoms with E-state index in [1.807, 2.05) is 0 Å². The molecular weight excluding hydrogens is 146 g/mol. The van der Waals surface area contributed by atoms with E-state index in [2.05, 4.69) is 23.1 Å². The van der Waals surface area contributed by atoms with Crippen molar-refractivity contribution < 1.29 is 14.7 Å². The number of nitrogens with one attached hydrogen (secondary N) is 1. The van der Waals surface area contributed by atoms with Gasteiger partial charge in [-0.3, -0.25) is 4.79 Å². The van der Waals surface area contributed by atoms with Gasteiger partial charge in [-0.1, -0.05) is 5.92 Å². The fourth-order valence-electron chi connectivity index (χ4n) is 0.266. The van der Waals surface area contributed by atoms with Crippen molar-refractivity contribution in [2.45, 2.75) is 0 Å². The summed E-state index contributed by atoms with van der Waals surface area (Å²) in [6, 6.07) is 0. The molecule has 0 saturated carbocycles. The summed E-state index contributed by atoms with van der Waals surface area (Å²) in [5.74, 6) is 7.31. The molecule has 0 spiro atoms. The van der Waals surface area contributed by atoms with Crippen LogP contribution in [0.5, 0.6) is 0 Å². The van der Waals surface area contributed by atoms with Crippen molar-refractivity contribution in [3.8, 4) is 23.7 Å². The van der Waals surface area contributed by atoms with Crippen LogP contribution in [-0.2, 0) is 9.59 Å². The molecule has 0 aromatic heterocycles. The van der Waals surface area contributed by atoms with E-state index in [0.29, 0.717) is 6.41 Å². The number of hydrogen-bond acceptors (Lipinski definition) is 2. The third-order valence-electron chi connectivity index (χ3n) is 0.594. The smallest absolute Gasteiger partial charge is 0.382 e. The Hall–Kier alpha value is -1.94. The van der Waals surface area contributed by atoms with Crippen LogP contribution < -0.4 is 5.32 Å². The highest BCUT2D eigenvalue weighted by Gasteiger charge is 1.78. The first-order valence-corrected chi connectivity index (χ1v) is 2.66. The Morgan fingerprint density at radius 1 is 1.55 bits per heavy atom. The predicted molar refractivity (Wildman–Crippen MR) is 37.3 cm³/mol. The lowest BCUT2D eigenvalue weighted by atomic mass is 10.5. The van der Waals surface area contributed by atoms with Crippen LogP contribution in [0.2, 0.25) is 0 Å². The lowest BCUT2D eigenvalue weighted by Crippen LogP contribution is -2.09. The largest absolute Gasteiger partial charge is 0.472 e. The van der Waals surface area contributed by atoms with Gasteiger partial charge < -0.3 is 10.4 Å². The van der Waals surface area contributed by atoms with Crippen LogP contribution in [0, 0.1) is 23.7 Å². The molecule has 0 aromatic rings. The first kappa shape index (κ1) is 9.06. The Kier molecular flexibility index (Phi) is 5.09.